The molecule has 3 aromatic rings. The summed E-state index contributed by atoms with van der Waals surface area (Å²) in [6, 6.07) is 15.8. The molecule has 6 heteroatoms. The van der Waals surface area contributed by atoms with Crippen LogP contribution in [0.15, 0.2) is 66.8 Å². The van der Waals surface area contributed by atoms with Crippen LogP contribution in [-0.2, 0) is 4.79 Å². The van der Waals surface area contributed by atoms with E-state index in [4.69, 9.17) is 4.98 Å². The van der Waals surface area contributed by atoms with Crippen molar-refractivity contribution in [3.05, 3.63) is 77.9 Å². The van der Waals surface area contributed by atoms with Crippen molar-refractivity contribution in [2.24, 2.45) is 56.7 Å². The molecule has 9 atom stereocenters. The molecule has 2 aromatic carbocycles. The Morgan fingerprint density at radius 3 is 2.29 bits per heavy atom. The van der Waals surface area contributed by atoms with Crippen molar-refractivity contribution >= 4 is 44.1 Å². The van der Waals surface area contributed by atoms with Gasteiger partial charge in [0.25, 0.3) is 0 Å². The Balaban J connectivity index is 1.13. The lowest BCUT2D eigenvalue weighted by molar-refractivity contribution is -0.224. The minimum atomic E-state index is -0.876. The quantitative estimate of drug-likeness (QED) is 0.268. The maximum atomic E-state index is 15.0. The van der Waals surface area contributed by atoms with Gasteiger partial charge in [0.05, 0.1) is 21.2 Å². The van der Waals surface area contributed by atoms with Crippen LogP contribution in [0.5, 0.6) is 0 Å². The van der Waals surface area contributed by atoms with Gasteiger partial charge >= 0.3 is 5.97 Å². The van der Waals surface area contributed by atoms with Gasteiger partial charge in [-0.05, 0) is 151 Å². The Kier molecular flexibility index (Phi) is 7.94. The van der Waals surface area contributed by atoms with Crippen LogP contribution in [0, 0.1) is 56.7 Å². The molecule has 5 aliphatic carbocycles. The first-order valence-electron chi connectivity index (χ1n) is 19.4. The second-order valence-corrected chi connectivity index (χ2v) is 19.6. The highest BCUT2D eigenvalue weighted by Crippen LogP contribution is 2.78. The van der Waals surface area contributed by atoms with Crippen molar-refractivity contribution in [3.63, 3.8) is 0 Å². The summed E-state index contributed by atoms with van der Waals surface area (Å²) in [4.78, 5) is 33.4. The molecular formula is C45H56N2O3S. The van der Waals surface area contributed by atoms with Gasteiger partial charge in [0.2, 0.25) is 5.91 Å². The van der Waals surface area contributed by atoms with Gasteiger partial charge in [0.1, 0.15) is 0 Å². The molecule has 1 amide bonds. The number of hydrogen-bond donors (Lipinski definition) is 1. The summed E-state index contributed by atoms with van der Waals surface area (Å²) in [5.74, 6) is 1.73. The first kappa shape index (κ1) is 34.8. The summed E-state index contributed by atoms with van der Waals surface area (Å²) in [6.07, 6.45) is 12.5. The second kappa shape index (κ2) is 11.6. The Morgan fingerprint density at radius 1 is 0.882 bits per heavy atom. The normalized spacial score (nSPS) is 38.1. The van der Waals surface area contributed by atoms with Crippen molar-refractivity contribution < 1.29 is 14.7 Å². The zero-order chi connectivity index (χ0) is 36.3. The fraction of sp³-hybridized carbons (Fsp3) is 0.578. The van der Waals surface area contributed by atoms with E-state index < -0.39 is 5.97 Å². The van der Waals surface area contributed by atoms with Gasteiger partial charge in [-0.3, -0.25) is 9.69 Å². The highest BCUT2D eigenvalue weighted by molar-refractivity contribution is 7.22. The predicted molar refractivity (Wildman–Crippen MR) is 209 cm³/mol. The molecule has 0 bridgehead atoms. The fourth-order valence-electron chi connectivity index (χ4n) is 13.8. The minimum Gasteiger partial charge on any atom is -0.478 e. The van der Waals surface area contributed by atoms with Gasteiger partial charge in [-0.25, -0.2) is 9.78 Å². The van der Waals surface area contributed by atoms with E-state index in [0.717, 1.165) is 53.0 Å². The van der Waals surface area contributed by atoms with Gasteiger partial charge in [-0.1, -0.05) is 88.4 Å². The third-order valence-electron chi connectivity index (χ3n) is 16.4. The Bertz CT molecular complexity index is 1930. The molecule has 0 aliphatic heterocycles. The zero-order valence-electron chi connectivity index (χ0n) is 31.7. The minimum absolute atomic E-state index is 0.0212. The number of fused-ring (bicyclic) bond motifs is 8. The number of anilines is 1. The number of carboxylic acids is 1. The number of thiazole rings is 1. The van der Waals surface area contributed by atoms with E-state index in [1.165, 1.54) is 36.8 Å². The summed E-state index contributed by atoms with van der Waals surface area (Å²) < 4.78 is 1.13. The molecule has 0 radical (unpaired) electrons. The Hall–Kier alpha value is -3.25. The van der Waals surface area contributed by atoms with Gasteiger partial charge < -0.3 is 5.11 Å². The standard InChI is InChI=1S/C45H56N2O3S/c1-27(2)30-19-24-45(39(50)47(8)40-46-33-11-9-10-12-34(33)51-40)26-25-43(6)32(37(30)45)17-18-36-42(5)22-20-31(28-13-15-29(16-14-28)38(48)49)41(3,4)35(42)21-23-44(36,43)7/h9-16,20,30,32,35-37H,1,17-19,21-26H2,2-8H3,(H,48,49)/t30-,32+,35-,36+,37+,42-,43+,44+,45-/m0/s1. The number of aromatic nitrogens is 1. The number of amides is 1. The van der Waals surface area contributed by atoms with Crippen LogP contribution in [0.3, 0.4) is 0 Å². The molecule has 270 valence electrons. The molecule has 4 saturated carbocycles. The smallest absolute Gasteiger partial charge is 0.335 e. The van der Waals surface area contributed by atoms with Crippen LogP contribution < -0.4 is 4.90 Å². The highest BCUT2D eigenvalue weighted by Gasteiger charge is 2.71. The third-order valence-corrected chi connectivity index (χ3v) is 17.5. The van der Waals surface area contributed by atoms with E-state index in [1.54, 1.807) is 23.5 Å². The SMILES string of the molecule is C=C(C)[C@@H]1CC[C@]2(C(=O)N(C)c3nc4ccccc4s3)CC[C@]3(C)[C@H](CC[C@@H]4[C@@]5(C)CC=C(c6ccc(C(=O)O)cc6)C(C)(C)[C@@H]5CC[C@]43C)[C@@H]12. The maximum absolute atomic E-state index is 15.0. The monoisotopic (exact) mass is 704 g/mol. The highest BCUT2D eigenvalue weighted by atomic mass is 32.1. The molecule has 1 heterocycles. The molecular weight excluding hydrogens is 649 g/mol. The van der Waals surface area contributed by atoms with Crippen molar-refractivity contribution in [2.75, 3.05) is 11.9 Å². The Morgan fingerprint density at radius 2 is 1.61 bits per heavy atom. The number of benzene rings is 2. The molecule has 1 aromatic heterocycles. The first-order chi connectivity index (χ1) is 24.1. The number of rotatable bonds is 5. The summed E-state index contributed by atoms with van der Waals surface area (Å²) in [7, 11) is 1.97. The molecule has 51 heavy (non-hydrogen) atoms. The fourth-order valence-corrected chi connectivity index (χ4v) is 14.8. The summed E-state index contributed by atoms with van der Waals surface area (Å²) >= 11 is 1.63. The molecule has 4 fully saturated rings. The lowest BCUT2D eigenvalue weighted by Gasteiger charge is -2.72. The van der Waals surface area contributed by atoms with Gasteiger partial charge in [-0.2, -0.15) is 0 Å². The number of para-hydroxylation sites is 1. The molecule has 0 spiro atoms. The lowest BCUT2D eigenvalue weighted by Crippen LogP contribution is -2.66. The van der Waals surface area contributed by atoms with Crippen LogP contribution in [-0.4, -0.2) is 29.0 Å². The van der Waals surface area contributed by atoms with Crippen LogP contribution in [0.4, 0.5) is 5.13 Å². The number of nitrogens with zero attached hydrogens (tertiary/aromatic N) is 2. The Labute approximate surface area is 308 Å². The van der Waals surface area contributed by atoms with Gasteiger partial charge in [0.15, 0.2) is 5.13 Å². The summed E-state index contributed by atoms with van der Waals surface area (Å²) in [5.41, 5.74) is 5.21. The molecule has 5 aliphatic rings. The van der Waals surface area contributed by atoms with Crippen molar-refractivity contribution in [3.8, 4) is 0 Å². The van der Waals surface area contributed by atoms with E-state index >= 15 is 4.79 Å². The number of hydrogen-bond acceptors (Lipinski definition) is 4. The molecule has 1 N–H and O–H groups in total. The first-order valence-corrected chi connectivity index (χ1v) is 20.2. The third kappa shape index (κ3) is 4.73. The summed E-state index contributed by atoms with van der Waals surface area (Å²) in [6.45, 7) is 19.6. The van der Waals surface area contributed by atoms with Gasteiger partial charge in [-0.15, -0.1) is 0 Å². The summed E-state index contributed by atoms with van der Waals surface area (Å²) in [5, 5.41) is 10.3. The molecule has 8 rings (SSSR count). The number of carbonyl (C=O) groups is 2. The van der Waals surface area contributed by atoms with E-state index in [1.807, 2.05) is 42.3 Å². The zero-order valence-corrected chi connectivity index (χ0v) is 32.5. The molecule has 0 saturated heterocycles. The van der Waals surface area contributed by atoms with E-state index in [0.29, 0.717) is 35.2 Å². The largest absolute Gasteiger partial charge is 0.478 e. The van der Waals surface area contributed by atoms with Crippen LogP contribution in [0.1, 0.15) is 115 Å². The molecule has 5 nitrogen and oxygen atoms in total. The van der Waals surface area contributed by atoms with Crippen LogP contribution in [0.25, 0.3) is 15.8 Å². The van der Waals surface area contributed by atoms with Crippen LogP contribution in [0.2, 0.25) is 0 Å². The average molecular weight is 705 g/mol. The second-order valence-electron chi connectivity index (χ2n) is 18.6. The number of allylic oxidation sites excluding steroid dienone is 3. The number of carbonyl (C=O) groups excluding carboxylic acids is 1. The van der Waals surface area contributed by atoms with Crippen molar-refractivity contribution in [1.29, 1.82) is 0 Å². The van der Waals surface area contributed by atoms with Crippen LogP contribution >= 0.6 is 11.3 Å². The molecule has 0 unspecified atom stereocenters. The van der Waals surface area contributed by atoms with Crippen molar-refractivity contribution in [2.45, 2.75) is 99.3 Å². The van der Waals surface area contributed by atoms with Crippen molar-refractivity contribution in [1.82, 2.24) is 4.98 Å². The predicted octanol–water partition coefficient (Wildman–Crippen LogP) is 11.3. The van der Waals surface area contributed by atoms with E-state index in [9.17, 15) is 9.90 Å². The maximum Gasteiger partial charge on any atom is 0.335 e. The topological polar surface area (TPSA) is 70.5 Å². The van der Waals surface area contributed by atoms with E-state index in [2.05, 4.69) is 60.3 Å². The number of carboxylic acid groups (broad SMARTS) is 1. The average Bonchev–Trinajstić information content (AvgIpc) is 3.71. The van der Waals surface area contributed by atoms with Gasteiger partial charge in [0, 0.05) is 7.05 Å². The van der Waals surface area contributed by atoms with E-state index in [-0.39, 0.29) is 33.0 Å². The lowest BCUT2D eigenvalue weighted by atomic mass is 9.32. The number of aromatic carboxylic acids is 1.